The van der Waals surface area contributed by atoms with Crippen molar-refractivity contribution in [2.75, 3.05) is 19.9 Å². The molecule has 0 radical (unpaired) electrons. The van der Waals surface area contributed by atoms with Crippen molar-refractivity contribution >= 4 is 12.4 Å². The molecule has 0 aliphatic heterocycles. The van der Waals surface area contributed by atoms with Gasteiger partial charge in [0.1, 0.15) is 7.14 Å². The SMILES string of the molecule is CP(C)(=O)c1ccc(C(N)CO)cc1. The topological polar surface area (TPSA) is 63.3 Å². The average molecular weight is 213 g/mol. The molecule has 0 spiro atoms. The summed E-state index contributed by atoms with van der Waals surface area (Å²) in [5.74, 6) is 0. The molecule has 1 rings (SSSR count). The van der Waals surface area contributed by atoms with Gasteiger partial charge in [-0.15, -0.1) is 0 Å². The van der Waals surface area contributed by atoms with Crippen LogP contribution in [0, 0.1) is 0 Å². The molecule has 0 bridgehead atoms. The van der Waals surface area contributed by atoms with Gasteiger partial charge in [-0.3, -0.25) is 0 Å². The second-order valence-corrected chi connectivity index (χ2v) is 6.95. The highest BCUT2D eigenvalue weighted by molar-refractivity contribution is 7.70. The molecule has 4 heteroatoms. The van der Waals surface area contributed by atoms with Crippen LogP contribution in [0.25, 0.3) is 0 Å². The number of hydrogen-bond acceptors (Lipinski definition) is 3. The van der Waals surface area contributed by atoms with Crippen LogP contribution < -0.4 is 11.0 Å². The standard InChI is InChI=1S/C10H16NO2P/c1-14(2,13)9-5-3-8(4-6-9)10(11)7-12/h3-6,10,12H,7,11H2,1-2H3. The Morgan fingerprint density at radius 2 is 1.86 bits per heavy atom. The Morgan fingerprint density at radius 3 is 2.21 bits per heavy atom. The van der Waals surface area contributed by atoms with Crippen LogP contribution in [-0.2, 0) is 4.57 Å². The summed E-state index contributed by atoms with van der Waals surface area (Å²) in [6.07, 6.45) is 0. The van der Waals surface area contributed by atoms with Gasteiger partial charge in [0, 0.05) is 5.30 Å². The summed E-state index contributed by atoms with van der Waals surface area (Å²) in [4.78, 5) is 0. The molecule has 0 aliphatic carbocycles. The molecule has 3 N–H and O–H groups in total. The Kier molecular flexibility index (Phi) is 3.48. The lowest BCUT2D eigenvalue weighted by Crippen LogP contribution is -2.15. The average Bonchev–Trinajstić information content (AvgIpc) is 2.15. The van der Waals surface area contributed by atoms with Crippen LogP contribution in [0.5, 0.6) is 0 Å². The third kappa shape index (κ3) is 2.68. The zero-order valence-electron chi connectivity index (χ0n) is 8.47. The maximum Gasteiger partial charge on any atom is 0.109 e. The molecule has 0 aromatic heterocycles. The molecular weight excluding hydrogens is 197 g/mol. The Balaban J connectivity index is 2.95. The van der Waals surface area contributed by atoms with E-state index in [9.17, 15) is 4.57 Å². The van der Waals surface area contributed by atoms with E-state index in [1.54, 1.807) is 13.3 Å². The van der Waals surface area contributed by atoms with Crippen molar-refractivity contribution in [3.05, 3.63) is 29.8 Å². The minimum Gasteiger partial charge on any atom is -0.394 e. The van der Waals surface area contributed by atoms with Gasteiger partial charge in [-0.25, -0.2) is 0 Å². The van der Waals surface area contributed by atoms with E-state index in [1.165, 1.54) is 0 Å². The number of aliphatic hydroxyl groups is 1. The molecule has 0 aliphatic rings. The highest BCUT2D eigenvalue weighted by Gasteiger charge is 2.11. The maximum absolute atomic E-state index is 11.7. The first-order valence-corrected chi connectivity index (χ1v) is 7.07. The third-order valence-electron chi connectivity index (χ3n) is 2.14. The van der Waals surface area contributed by atoms with Gasteiger partial charge in [0.2, 0.25) is 0 Å². The molecule has 0 amide bonds. The van der Waals surface area contributed by atoms with Crippen LogP contribution in [0.15, 0.2) is 24.3 Å². The van der Waals surface area contributed by atoms with Gasteiger partial charge in [0.05, 0.1) is 12.6 Å². The monoisotopic (exact) mass is 213 g/mol. The van der Waals surface area contributed by atoms with Gasteiger partial charge in [-0.05, 0) is 18.9 Å². The van der Waals surface area contributed by atoms with Gasteiger partial charge in [0.25, 0.3) is 0 Å². The van der Waals surface area contributed by atoms with Gasteiger partial charge in [-0.2, -0.15) is 0 Å². The smallest absolute Gasteiger partial charge is 0.109 e. The van der Waals surface area contributed by atoms with Crippen molar-refractivity contribution < 1.29 is 9.67 Å². The molecule has 0 fully saturated rings. The van der Waals surface area contributed by atoms with E-state index in [1.807, 2.05) is 24.3 Å². The molecule has 1 unspecified atom stereocenters. The van der Waals surface area contributed by atoms with Gasteiger partial charge < -0.3 is 15.4 Å². The fraction of sp³-hybridized carbons (Fsp3) is 0.400. The molecule has 78 valence electrons. The highest BCUT2D eigenvalue weighted by Crippen LogP contribution is 2.34. The van der Waals surface area contributed by atoms with Crippen molar-refractivity contribution in [3.8, 4) is 0 Å². The van der Waals surface area contributed by atoms with Crippen molar-refractivity contribution in [1.29, 1.82) is 0 Å². The van der Waals surface area contributed by atoms with Crippen LogP contribution in [0.4, 0.5) is 0 Å². The van der Waals surface area contributed by atoms with Crippen molar-refractivity contribution in [1.82, 2.24) is 0 Å². The van der Waals surface area contributed by atoms with E-state index >= 15 is 0 Å². The Bertz CT molecular complexity index is 342. The summed E-state index contributed by atoms with van der Waals surface area (Å²) >= 11 is 0. The molecule has 14 heavy (non-hydrogen) atoms. The molecule has 1 aromatic carbocycles. The summed E-state index contributed by atoms with van der Waals surface area (Å²) in [7, 11) is -2.18. The molecule has 0 saturated carbocycles. The lowest BCUT2D eigenvalue weighted by Gasteiger charge is -2.11. The summed E-state index contributed by atoms with van der Waals surface area (Å²) in [5, 5.41) is 9.68. The van der Waals surface area contributed by atoms with Crippen LogP contribution in [-0.4, -0.2) is 25.0 Å². The van der Waals surface area contributed by atoms with Gasteiger partial charge >= 0.3 is 0 Å². The van der Waals surface area contributed by atoms with Crippen molar-refractivity contribution in [2.24, 2.45) is 5.73 Å². The van der Waals surface area contributed by atoms with Crippen molar-refractivity contribution in [2.45, 2.75) is 6.04 Å². The minimum atomic E-state index is -2.18. The van der Waals surface area contributed by atoms with E-state index in [-0.39, 0.29) is 12.6 Å². The lowest BCUT2D eigenvalue weighted by atomic mass is 10.1. The molecule has 0 saturated heterocycles. The van der Waals surface area contributed by atoms with E-state index in [0.29, 0.717) is 0 Å². The second-order valence-electron chi connectivity index (χ2n) is 3.73. The van der Waals surface area contributed by atoms with Crippen LogP contribution in [0.2, 0.25) is 0 Å². The highest BCUT2D eigenvalue weighted by atomic mass is 31.2. The number of aliphatic hydroxyl groups excluding tert-OH is 1. The number of rotatable bonds is 3. The summed E-state index contributed by atoms with van der Waals surface area (Å²) in [6, 6.07) is 6.90. The van der Waals surface area contributed by atoms with Gasteiger partial charge in [0.15, 0.2) is 0 Å². The van der Waals surface area contributed by atoms with Crippen LogP contribution >= 0.6 is 7.14 Å². The number of nitrogens with two attached hydrogens (primary N) is 1. The first-order valence-electron chi connectivity index (χ1n) is 4.47. The van der Waals surface area contributed by atoms with E-state index in [4.69, 9.17) is 10.8 Å². The third-order valence-corrected chi connectivity index (χ3v) is 3.68. The predicted molar refractivity (Wildman–Crippen MR) is 59.5 cm³/mol. The summed E-state index contributed by atoms with van der Waals surface area (Å²) < 4.78 is 11.7. The van der Waals surface area contributed by atoms with Gasteiger partial charge in [-0.1, -0.05) is 24.3 Å². The fourth-order valence-electron chi connectivity index (χ4n) is 1.19. The van der Waals surface area contributed by atoms with E-state index < -0.39 is 7.14 Å². The fourth-order valence-corrected chi connectivity index (χ4v) is 2.05. The number of hydrogen-bond donors (Lipinski definition) is 2. The molecule has 1 atom stereocenters. The minimum absolute atomic E-state index is 0.0741. The largest absolute Gasteiger partial charge is 0.394 e. The molecule has 0 heterocycles. The Morgan fingerprint density at radius 1 is 1.36 bits per heavy atom. The van der Waals surface area contributed by atoms with Crippen LogP contribution in [0.1, 0.15) is 11.6 Å². The van der Waals surface area contributed by atoms with E-state index in [0.717, 1.165) is 10.9 Å². The first-order chi connectivity index (χ1) is 6.45. The Hall–Kier alpha value is -0.630. The zero-order valence-corrected chi connectivity index (χ0v) is 9.37. The maximum atomic E-state index is 11.7. The summed E-state index contributed by atoms with van der Waals surface area (Å²) in [6.45, 7) is 3.39. The summed E-state index contributed by atoms with van der Waals surface area (Å²) in [5.41, 5.74) is 6.50. The molecule has 3 nitrogen and oxygen atoms in total. The molecular formula is C10H16NO2P. The van der Waals surface area contributed by atoms with Crippen LogP contribution in [0.3, 0.4) is 0 Å². The predicted octanol–water partition coefficient (Wildman–Crippen LogP) is 0.927. The molecule has 1 aromatic rings. The first kappa shape index (κ1) is 11.4. The Labute approximate surface area is 84.3 Å². The zero-order chi connectivity index (χ0) is 10.8. The van der Waals surface area contributed by atoms with E-state index in [2.05, 4.69) is 0 Å². The lowest BCUT2D eigenvalue weighted by molar-refractivity contribution is 0.268. The normalized spacial score (nSPS) is 14.0. The van der Waals surface area contributed by atoms with Crippen molar-refractivity contribution in [3.63, 3.8) is 0 Å². The quantitative estimate of drug-likeness (QED) is 0.734. The second kappa shape index (κ2) is 4.26. The number of benzene rings is 1.